The fourth-order valence-corrected chi connectivity index (χ4v) is 2.67. The van der Waals surface area contributed by atoms with Gasteiger partial charge in [0.05, 0.1) is 0 Å². The maximum Gasteiger partial charge on any atom is 0.0291 e. The predicted molar refractivity (Wildman–Crippen MR) is 73.6 cm³/mol. The second-order valence-corrected chi connectivity index (χ2v) is 5.31. The summed E-state index contributed by atoms with van der Waals surface area (Å²) in [5.41, 5.74) is 3.24. The minimum Gasteiger partial charge on any atom is -0.438 e. The van der Waals surface area contributed by atoms with Crippen molar-refractivity contribution in [3.05, 3.63) is 35.4 Å². The number of nitrogens with zero attached hydrogens (tertiary/aromatic N) is 4. The Hall–Kier alpha value is -1.55. The van der Waals surface area contributed by atoms with Crippen LogP contribution < -0.4 is 0 Å². The highest BCUT2D eigenvalue weighted by Gasteiger charge is 2.20. The lowest BCUT2D eigenvalue weighted by Crippen LogP contribution is -2.31. The molecule has 0 unspecified atom stereocenters. The Balaban J connectivity index is 1.83. The van der Waals surface area contributed by atoms with Crippen molar-refractivity contribution in [1.82, 2.24) is 14.7 Å². The van der Waals surface area contributed by atoms with E-state index in [4.69, 9.17) is 5.32 Å². The van der Waals surface area contributed by atoms with Gasteiger partial charge in [-0.15, -0.1) is 0 Å². The predicted octanol–water partition coefficient (Wildman–Crippen LogP) is 2.91. The summed E-state index contributed by atoms with van der Waals surface area (Å²) >= 11 is 0. The molecule has 4 nitrogen and oxygen atoms in total. The maximum atomic E-state index is 4.79. The van der Waals surface area contributed by atoms with Gasteiger partial charge in [-0.1, -0.05) is 18.4 Å². The summed E-state index contributed by atoms with van der Waals surface area (Å²) in [5.74, 6) is 1.53. The van der Waals surface area contributed by atoms with E-state index in [1.54, 1.807) is 0 Å². The van der Waals surface area contributed by atoms with Crippen LogP contribution in [0, 0.1) is 12.8 Å². The molecule has 96 valence electrons. The molecule has 1 saturated heterocycles. The topological polar surface area (TPSA) is 35.2 Å². The minimum absolute atomic E-state index is 0.570. The second-order valence-electron chi connectivity index (χ2n) is 5.31. The number of hydrogen-bond donors (Lipinski definition) is 0. The molecule has 0 bridgehead atoms. The summed E-state index contributed by atoms with van der Waals surface area (Å²) < 4.78 is 1.83. The van der Waals surface area contributed by atoms with Gasteiger partial charge in [0.15, 0.2) is 0 Å². The smallest absolute Gasteiger partial charge is 0.0291 e. The van der Waals surface area contributed by atoms with Crippen molar-refractivity contribution >= 4 is 11.5 Å². The van der Waals surface area contributed by atoms with Gasteiger partial charge in [-0.3, -0.25) is 5.10 Å². The van der Waals surface area contributed by atoms with E-state index in [0.717, 1.165) is 30.2 Å². The van der Waals surface area contributed by atoms with Crippen molar-refractivity contribution < 1.29 is 0 Å². The standard InChI is InChI=1S/C14H19N4/c1-10-9-15-18-11(2)8-13(16-14(10)18)12-4-6-17(3)7-5-12/h8-9,12H,2,4-7H2,1,3H3/q-1. The molecule has 1 fully saturated rings. The molecule has 2 aliphatic rings. The lowest BCUT2D eigenvalue weighted by atomic mass is 9.92. The Morgan fingerprint density at radius 3 is 2.83 bits per heavy atom. The number of rotatable bonds is 1. The van der Waals surface area contributed by atoms with E-state index in [1.807, 2.05) is 17.8 Å². The lowest BCUT2D eigenvalue weighted by molar-refractivity contribution is 0.239. The molecular formula is C14H19N4-. The highest BCUT2D eigenvalue weighted by atomic mass is 15.3. The van der Waals surface area contributed by atoms with E-state index < -0.39 is 0 Å². The van der Waals surface area contributed by atoms with Crippen LogP contribution in [-0.2, 0) is 0 Å². The van der Waals surface area contributed by atoms with Crippen LogP contribution in [0.3, 0.4) is 0 Å². The summed E-state index contributed by atoms with van der Waals surface area (Å²) in [6.07, 6.45) is 6.32. The van der Waals surface area contributed by atoms with Crippen molar-refractivity contribution in [1.29, 1.82) is 0 Å². The third kappa shape index (κ3) is 1.86. The van der Waals surface area contributed by atoms with E-state index in [2.05, 4.69) is 29.7 Å². The van der Waals surface area contributed by atoms with Crippen LogP contribution in [0.25, 0.3) is 11.0 Å². The monoisotopic (exact) mass is 243 g/mol. The molecule has 18 heavy (non-hydrogen) atoms. The molecule has 0 amide bonds. The number of piperidine rings is 1. The van der Waals surface area contributed by atoms with Crippen LogP contribution in [-0.4, -0.2) is 34.8 Å². The molecule has 0 atom stereocenters. The van der Waals surface area contributed by atoms with Crippen molar-refractivity contribution in [2.24, 2.45) is 5.92 Å². The zero-order valence-electron chi connectivity index (χ0n) is 11.1. The van der Waals surface area contributed by atoms with Crippen LogP contribution in [0.1, 0.15) is 18.4 Å². The molecule has 0 N–H and O–H groups in total. The van der Waals surface area contributed by atoms with Crippen molar-refractivity contribution in [2.45, 2.75) is 19.8 Å². The number of allylic oxidation sites excluding steroid dienone is 3. The molecule has 0 saturated carbocycles. The van der Waals surface area contributed by atoms with Gasteiger partial charge in [0.1, 0.15) is 0 Å². The quantitative estimate of drug-likeness (QED) is 0.760. The molecule has 0 spiro atoms. The van der Waals surface area contributed by atoms with Gasteiger partial charge in [-0.05, 0) is 62.9 Å². The number of aromatic nitrogens is 2. The Morgan fingerprint density at radius 2 is 2.11 bits per heavy atom. The van der Waals surface area contributed by atoms with Crippen LogP contribution in [0.2, 0.25) is 0 Å². The minimum atomic E-state index is 0.570. The Morgan fingerprint density at radius 1 is 1.39 bits per heavy atom. The van der Waals surface area contributed by atoms with Gasteiger partial charge in [0, 0.05) is 6.20 Å². The van der Waals surface area contributed by atoms with Crippen LogP contribution >= 0.6 is 0 Å². The summed E-state index contributed by atoms with van der Waals surface area (Å²) in [6, 6.07) is 0. The van der Waals surface area contributed by atoms with E-state index in [1.165, 1.54) is 18.5 Å². The SMILES string of the molecule is C=C1C=C(C2CCN(C)CC2)[N-]c2c(C)cnn21. The summed E-state index contributed by atoms with van der Waals surface area (Å²) in [7, 11) is 2.18. The van der Waals surface area contributed by atoms with Gasteiger partial charge in [-0.2, -0.15) is 0 Å². The normalized spacial score (nSPS) is 21.4. The Labute approximate surface area is 108 Å². The molecular weight excluding hydrogens is 224 g/mol. The first-order valence-corrected chi connectivity index (χ1v) is 6.51. The fraction of sp³-hybridized carbons (Fsp3) is 0.500. The van der Waals surface area contributed by atoms with Gasteiger partial charge in [-0.25, -0.2) is 0 Å². The lowest BCUT2D eigenvalue weighted by Gasteiger charge is -2.37. The first-order chi connectivity index (χ1) is 8.65. The van der Waals surface area contributed by atoms with Gasteiger partial charge in [0.25, 0.3) is 0 Å². The van der Waals surface area contributed by atoms with Crippen molar-refractivity contribution in [3.8, 4) is 0 Å². The third-order valence-electron chi connectivity index (χ3n) is 3.88. The Kier molecular flexibility index (Phi) is 2.74. The Bertz CT molecular complexity index is 504. The molecule has 3 rings (SSSR count). The number of hydrogen-bond acceptors (Lipinski definition) is 2. The van der Waals surface area contributed by atoms with Crippen LogP contribution in [0.4, 0.5) is 5.82 Å². The maximum absolute atomic E-state index is 4.79. The molecule has 4 heteroatoms. The zero-order chi connectivity index (χ0) is 12.7. The molecule has 1 aromatic rings. The van der Waals surface area contributed by atoms with Crippen LogP contribution in [0.5, 0.6) is 0 Å². The highest BCUT2D eigenvalue weighted by Crippen LogP contribution is 2.40. The van der Waals surface area contributed by atoms with E-state index in [0.29, 0.717) is 5.92 Å². The highest BCUT2D eigenvalue weighted by molar-refractivity contribution is 5.72. The summed E-state index contributed by atoms with van der Waals surface area (Å²) in [6.45, 7) is 8.44. The zero-order valence-corrected chi connectivity index (χ0v) is 11.1. The van der Waals surface area contributed by atoms with Crippen molar-refractivity contribution in [2.75, 3.05) is 20.1 Å². The molecule has 1 aromatic heterocycles. The van der Waals surface area contributed by atoms with E-state index >= 15 is 0 Å². The first kappa shape index (κ1) is 11.5. The van der Waals surface area contributed by atoms with E-state index in [-0.39, 0.29) is 0 Å². The number of likely N-dealkylation sites (tertiary alicyclic amines) is 1. The molecule has 0 aliphatic carbocycles. The first-order valence-electron chi connectivity index (χ1n) is 6.51. The van der Waals surface area contributed by atoms with Gasteiger partial charge in [0.2, 0.25) is 0 Å². The second kappa shape index (κ2) is 4.28. The van der Waals surface area contributed by atoms with E-state index in [9.17, 15) is 0 Å². The fourth-order valence-electron chi connectivity index (χ4n) is 2.67. The number of aryl methyl sites for hydroxylation is 1. The average molecular weight is 243 g/mol. The summed E-state index contributed by atoms with van der Waals surface area (Å²) in [4.78, 5) is 2.38. The molecule has 0 aromatic carbocycles. The van der Waals surface area contributed by atoms with Crippen molar-refractivity contribution in [3.63, 3.8) is 0 Å². The average Bonchev–Trinajstić information content (AvgIpc) is 2.73. The number of fused-ring (bicyclic) bond motifs is 1. The largest absolute Gasteiger partial charge is 0.438 e. The van der Waals surface area contributed by atoms with Gasteiger partial charge < -0.3 is 14.9 Å². The molecule has 2 aliphatic heterocycles. The van der Waals surface area contributed by atoms with Crippen LogP contribution in [0.15, 0.2) is 24.5 Å². The third-order valence-corrected chi connectivity index (χ3v) is 3.88. The summed E-state index contributed by atoms with van der Waals surface area (Å²) in [5, 5.41) is 9.09. The molecule has 0 radical (unpaired) electrons. The molecule has 3 heterocycles. The van der Waals surface area contributed by atoms with Gasteiger partial charge >= 0.3 is 0 Å².